The van der Waals surface area contributed by atoms with Crippen LogP contribution in [0.15, 0.2) is 34.4 Å². The number of nitrogens with zero attached hydrogens (tertiary/aromatic N) is 2. The summed E-state index contributed by atoms with van der Waals surface area (Å²) in [5, 5.41) is 9.26. The van der Waals surface area contributed by atoms with Crippen molar-refractivity contribution < 1.29 is 4.79 Å². The average molecular weight is 319 g/mol. The summed E-state index contributed by atoms with van der Waals surface area (Å²) in [5.74, 6) is -0.0400. The molecule has 22 heavy (non-hydrogen) atoms. The van der Waals surface area contributed by atoms with Crippen molar-refractivity contribution in [3.05, 3.63) is 40.0 Å². The second kappa shape index (κ2) is 6.44. The van der Waals surface area contributed by atoms with Crippen molar-refractivity contribution in [3.63, 3.8) is 0 Å². The highest BCUT2D eigenvalue weighted by Crippen LogP contribution is 2.21. The number of rotatable bonds is 4. The molecule has 0 aliphatic heterocycles. The Morgan fingerprint density at radius 3 is 2.68 bits per heavy atom. The maximum absolute atomic E-state index is 12.0. The van der Waals surface area contributed by atoms with Crippen LogP contribution in [0.5, 0.6) is 0 Å². The number of hydrogen-bond donors (Lipinski definition) is 1. The molecule has 6 heteroatoms. The van der Waals surface area contributed by atoms with Crippen LogP contribution in [0.3, 0.4) is 0 Å². The van der Waals surface area contributed by atoms with Crippen LogP contribution < -0.4 is 10.9 Å². The van der Waals surface area contributed by atoms with Gasteiger partial charge in [-0.3, -0.25) is 9.59 Å². The molecular formula is C16H21N3O2S. The summed E-state index contributed by atoms with van der Waals surface area (Å²) in [6.45, 7) is 7.81. The number of thiophene rings is 1. The minimum atomic E-state index is -0.447. The highest BCUT2D eigenvalue weighted by molar-refractivity contribution is 7.13. The number of nitrogens with one attached hydrogen (secondary N) is 1. The predicted octanol–water partition coefficient (Wildman–Crippen LogP) is 2.70. The van der Waals surface area contributed by atoms with E-state index in [1.165, 1.54) is 10.7 Å². The van der Waals surface area contributed by atoms with E-state index in [1.807, 2.05) is 45.2 Å². The number of carbonyl (C=O) groups excluding carboxylic acids is 1. The van der Waals surface area contributed by atoms with Crippen LogP contribution in [-0.2, 0) is 4.79 Å². The van der Waals surface area contributed by atoms with Crippen molar-refractivity contribution in [2.45, 2.75) is 33.7 Å². The third-order valence-corrected chi connectivity index (χ3v) is 4.15. The SMILES string of the molecule is CC(CNC(=O)C(C)(C)C)n1nc(-c2cccs2)ccc1=O. The number of carbonyl (C=O) groups is 1. The third-order valence-electron chi connectivity index (χ3n) is 3.26. The molecule has 2 heterocycles. The van der Waals surface area contributed by atoms with Crippen LogP contribution in [0, 0.1) is 5.41 Å². The van der Waals surface area contributed by atoms with Gasteiger partial charge >= 0.3 is 0 Å². The molecule has 0 aromatic carbocycles. The summed E-state index contributed by atoms with van der Waals surface area (Å²) in [4.78, 5) is 25.0. The molecule has 1 amide bonds. The molecule has 0 aliphatic carbocycles. The van der Waals surface area contributed by atoms with E-state index in [0.29, 0.717) is 6.54 Å². The van der Waals surface area contributed by atoms with Crippen LogP contribution >= 0.6 is 11.3 Å². The molecule has 5 nitrogen and oxygen atoms in total. The van der Waals surface area contributed by atoms with Gasteiger partial charge in [-0.25, -0.2) is 4.68 Å². The van der Waals surface area contributed by atoms with Gasteiger partial charge in [-0.1, -0.05) is 26.8 Å². The highest BCUT2D eigenvalue weighted by Gasteiger charge is 2.21. The fourth-order valence-electron chi connectivity index (χ4n) is 1.89. The maximum atomic E-state index is 12.0. The van der Waals surface area contributed by atoms with E-state index in [9.17, 15) is 9.59 Å². The van der Waals surface area contributed by atoms with Gasteiger partial charge in [0.1, 0.15) is 5.69 Å². The van der Waals surface area contributed by atoms with Crippen LogP contribution in [0.25, 0.3) is 10.6 Å². The Morgan fingerprint density at radius 1 is 1.36 bits per heavy atom. The molecule has 0 fully saturated rings. The molecule has 118 valence electrons. The second-order valence-electron chi connectivity index (χ2n) is 6.29. The highest BCUT2D eigenvalue weighted by atomic mass is 32.1. The van der Waals surface area contributed by atoms with E-state index in [4.69, 9.17) is 0 Å². The summed E-state index contributed by atoms with van der Waals surface area (Å²) >= 11 is 1.58. The first-order chi connectivity index (χ1) is 10.3. The summed E-state index contributed by atoms with van der Waals surface area (Å²) in [6, 6.07) is 6.95. The van der Waals surface area contributed by atoms with Gasteiger partial charge in [0.15, 0.2) is 0 Å². The van der Waals surface area contributed by atoms with Gasteiger partial charge in [0.25, 0.3) is 5.56 Å². The topological polar surface area (TPSA) is 64.0 Å². The lowest BCUT2D eigenvalue weighted by Gasteiger charge is -2.20. The van der Waals surface area contributed by atoms with Crippen molar-refractivity contribution in [1.82, 2.24) is 15.1 Å². The zero-order chi connectivity index (χ0) is 16.3. The van der Waals surface area contributed by atoms with E-state index >= 15 is 0 Å². The third kappa shape index (κ3) is 3.82. The molecule has 0 spiro atoms. The lowest BCUT2D eigenvalue weighted by Crippen LogP contribution is -2.39. The Morgan fingerprint density at radius 2 is 2.09 bits per heavy atom. The summed E-state index contributed by atoms with van der Waals surface area (Å²) in [5.41, 5.74) is 0.151. The van der Waals surface area contributed by atoms with Crippen molar-refractivity contribution in [3.8, 4) is 10.6 Å². The summed E-state index contributed by atoms with van der Waals surface area (Å²) in [6.07, 6.45) is 0. The molecule has 0 aliphatic rings. The van der Waals surface area contributed by atoms with E-state index in [2.05, 4.69) is 10.4 Å². The first kappa shape index (κ1) is 16.4. The van der Waals surface area contributed by atoms with Gasteiger partial charge in [-0.05, 0) is 24.4 Å². The lowest BCUT2D eigenvalue weighted by atomic mass is 9.96. The Bertz CT molecular complexity index is 699. The lowest BCUT2D eigenvalue weighted by molar-refractivity contribution is -0.128. The number of amides is 1. The number of hydrogen-bond acceptors (Lipinski definition) is 4. The Balaban J connectivity index is 2.16. The molecule has 0 radical (unpaired) electrons. The van der Waals surface area contributed by atoms with Crippen molar-refractivity contribution in [1.29, 1.82) is 0 Å². The van der Waals surface area contributed by atoms with Gasteiger partial charge in [0.05, 0.1) is 10.9 Å². The standard InChI is InChI=1S/C16H21N3O2S/c1-11(10-17-15(21)16(2,3)4)19-14(20)8-7-12(18-19)13-6-5-9-22-13/h5-9,11H,10H2,1-4H3,(H,17,21). The van der Waals surface area contributed by atoms with Crippen molar-refractivity contribution in [2.24, 2.45) is 5.41 Å². The van der Waals surface area contributed by atoms with E-state index in [1.54, 1.807) is 17.4 Å². The summed E-state index contributed by atoms with van der Waals surface area (Å²) < 4.78 is 1.43. The van der Waals surface area contributed by atoms with Crippen molar-refractivity contribution >= 4 is 17.2 Å². The minimum absolute atomic E-state index is 0.0400. The van der Waals surface area contributed by atoms with Gasteiger partial charge < -0.3 is 5.32 Å². The molecule has 2 aromatic heterocycles. The smallest absolute Gasteiger partial charge is 0.267 e. The fraction of sp³-hybridized carbons (Fsp3) is 0.438. The first-order valence-corrected chi connectivity index (χ1v) is 8.09. The molecule has 1 N–H and O–H groups in total. The zero-order valence-corrected chi connectivity index (χ0v) is 14.1. The van der Waals surface area contributed by atoms with Crippen LogP contribution in [0.2, 0.25) is 0 Å². The van der Waals surface area contributed by atoms with Gasteiger partial charge in [-0.2, -0.15) is 5.10 Å². The molecule has 2 aromatic rings. The molecule has 1 unspecified atom stereocenters. The van der Waals surface area contributed by atoms with Crippen LogP contribution in [0.4, 0.5) is 0 Å². The van der Waals surface area contributed by atoms with Gasteiger partial charge in [0.2, 0.25) is 5.91 Å². The Hall–Kier alpha value is -1.95. The molecular weight excluding hydrogens is 298 g/mol. The summed E-state index contributed by atoms with van der Waals surface area (Å²) in [7, 11) is 0. The Kier molecular flexibility index (Phi) is 4.81. The molecule has 2 rings (SSSR count). The second-order valence-corrected chi connectivity index (χ2v) is 7.24. The molecule has 0 saturated heterocycles. The average Bonchev–Trinajstić information content (AvgIpc) is 2.98. The van der Waals surface area contributed by atoms with Crippen molar-refractivity contribution in [2.75, 3.05) is 6.54 Å². The fourth-order valence-corrected chi connectivity index (χ4v) is 2.58. The number of aromatic nitrogens is 2. The monoisotopic (exact) mass is 319 g/mol. The minimum Gasteiger partial charge on any atom is -0.354 e. The molecule has 0 saturated carbocycles. The quantitative estimate of drug-likeness (QED) is 0.942. The van der Waals surface area contributed by atoms with Gasteiger partial charge in [-0.15, -0.1) is 11.3 Å². The predicted molar refractivity (Wildman–Crippen MR) is 89.0 cm³/mol. The van der Waals surface area contributed by atoms with Gasteiger partial charge in [0, 0.05) is 18.0 Å². The van der Waals surface area contributed by atoms with E-state index in [-0.39, 0.29) is 17.5 Å². The normalized spacial score (nSPS) is 12.9. The molecule has 0 bridgehead atoms. The van der Waals surface area contributed by atoms with E-state index in [0.717, 1.165) is 10.6 Å². The van der Waals surface area contributed by atoms with Crippen LogP contribution in [0.1, 0.15) is 33.7 Å². The maximum Gasteiger partial charge on any atom is 0.267 e. The first-order valence-electron chi connectivity index (χ1n) is 7.21. The van der Waals surface area contributed by atoms with E-state index < -0.39 is 5.41 Å². The van der Waals surface area contributed by atoms with Crippen LogP contribution in [-0.4, -0.2) is 22.2 Å². The zero-order valence-electron chi connectivity index (χ0n) is 13.3. The largest absolute Gasteiger partial charge is 0.354 e. The molecule has 1 atom stereocenters. The Labute approximate surface area is 134 Å².